The number of anilines is 1. The fraction of sp³-hybridized carbons (Fsp3) is 0.417. The molecule has 0 N–H and O–H groups in total. The number of ether oxygens (including phenoxy) is 1. The first-order valence-electron chi connectivity index (χ1n) is 10.9. The van der Waals surface area contributed by atoms with Crippen LogP contribution >= 0.6 is 0 Å². The molecular formula is C24H27N3O4S. The lowest BCUT2D eigenvalue weighted by molar-refractivity contribution is 0.0739. The Balaban J connectivity index is 1.49. The van der Waals surface area contributed by atoms with Crippen LogP contribution in [0.15, 0.2) is 47.4 Å². The number of amides is 1. The molecule has 2 aliphatic rings. The molecule has 0 radical (unpaired) electrons. The van der Waals surface area contributed by atoms with Gasteiger partial charge in [-0.05, 0) is 61.2 Å². The maximum Gasteiger partial charge on any atom is 0.257 e. The van der Waals surface area contributed by atoms with E-state index in [1.54, 1.807) is 23.1 Å². The number of hydrogen-bond acceptors (Lipinski definition) is 6. The molecule has 7 nitrogen and oxygen atoms in total. The van der Waals surface area contributed by atoms with Crippen molar-refractivity contribution in [3.05, 3.63) is 53.6 Å². The lowest BCUT2D eigenvalue weighted by Crippen LogP contribution is -2.48. The van der Waals surface area contributed by atoms with E-state index in [1.807, 2.05) is 12.1 Å². The maximum atomic E-state index is 13.4. The number of carbonyl (C=O) groups excluding carboxylic acids is 1. The average molecular weight is 454 g/mol. The highest BCUT2D eigenvalue weighted by molar-refractivity contribution is 7.90. The van der Waals surface area contributed by atoms with Gasteiger partial charge in [-0.3, -0.25) is 4.79 Å². The van der Waals surface area contributed by atoms with E-state index < -0.39 is 9.84 Å². The maximum absolute atomic E-state index is 13.4. The van der Waals surface area contributed by atoms with E-state index >= 15 is 0 Å². The van der Waals surface area contributed by atoms with Gasteiger partial charge in [-0.1, -0.05) is 6.42 Å². The van der Waals surface area contributed by atoms with Crippen molar-refractivity contribution in [2.24, 2.45) is 5.92 Å². The molecule has 0 unspecified atom stereocenters. The second kappa shape index (κ2) is 9.21. The van der Waals surface area contributed by atoms with E-state index in [-0.39, 0.29) is 10.8 Å². The van der Waals surface area contributed by atoms with E-state index in [2.05, 4.69) is 11.0 Å². The lowest BCUT2D eigenvalue weighted by Gasteiger charge is -2.36. The Kier molecular flexibility index (Phi) is 6.38. The molecule has 1 saturated heterocycles. The Morgan fingerprint density at radius 3 is 2.34 bits per heavy atom. The molecule has 1 saturated carbocycles. The third kappa shape index (κ3) is 4.89. The molecule has 0 atom stereocenters. The van der Waals surface area contributed by atoms with Gasteiger partial charge in [-0.25, -0.2) is 8.42 Å². The average Bonchev–Trinajstić information content (AvgIpc) is 2.77. The fourth-order valence-electron chi connectivity index (χ4n) is 3.98. The molecule has 2 fully saturated rings. The van der Waals surface area contributed by atoms with Gasteiger partial charge in [0.1, 0.15) is 5.75 Å². The third-order valence-electron chi connectivity index (χ3n) is 6.24. The van der Waals surface area contributed by atoms with Crippen LogP contribution in [-0.2, 0) is 9.84 Å². The van der Waals surface area contributed by atoms with Gasteiger partial charge < -0.3 is 14.5 Å². The van der Waals surface area contributed by atoms with Crippen LogP contribution in [0.1, 0.15) is 35.2 Å². The summed E-state index contributed by atoms with van der Waals surface area (Å²) in [6.45, 7) is 2.89. The van der Waals surface area contributed by atoms with Gasteiger partial charge in [0, 0.05) is 38.1 Å². The van der Waals surface area contributed by atoms with Gasteiger partial charge in [-0.2, -0.15) is 5.26 Å². The van der Waals surface area contributed by atoms with E-state index in [0.29, 0.717) is 55.6 Å². The minimum absolute atomic E-state index is 0.119. The molecule has 0 spiro atoms. The van der Waals surface area contributed by atoms with Gasteiger partial charge >= 0.3 is 0 Å². The molecule has 1 aliphatic heterocycles. The summed E-state index contributed by atoms with van der Waals surface area (Å²) in [6.07, 6.45) is 4.60. The van der Waals surface area contributed by atoms with Crippen molar-refractivity contribution < 1.29 is 17.9 Å². The predicted octanol–water partition coefficient (Wildman–Crippen LogP) is 3.10. The molecular weight excluding hydrogens is 426 g/mol. The second-order valence-corrected chi connectivity index (χ2v) is 10.5. The van der Waals surface area contributed by atoms with Crippen LogP contribution in [0.4, 0.5) is 5.69 Å². The zero-order valence-corrected chi connectivity index (χ0v) is 19.0. The summed E-state index contributed by atoms with van der Waals surface area (Å²) in [5.74, 6) is 0.742. The molecule has 4 rings (SSSR count). The number of hydrogen-bond donors (Lipinski definition) is 0. The van der Waals surface area contributed by atoms with Crippen molar-refractivity contribution in [3.63, 3.8) is 0 Å². The van der Waals surface area contributed by atoms with Crippen molar-refractivity contribution in [1.29, 1.82) is 5.26 Å². The molecule has 8 heteroatoms. The topological polar surface area (TPSA) is 90.7 Å². The highest BCUT2D eigenvalue weighted by Gasteiger charge is 2.27. The Bertz CT molecular complexity index is 1130. The number of piperazine rings is 1. The minimum atomic E-state index is -3.44. The van der Waals surface area contributed by atoms with Crippen LogP contribution in [-0.4, -0.2) is 58.3 Å². The molecule has 32 heavy (non-hydrogen) atoms. The minimum Gasteiger partial charge on any atom is -0.492 e. The standard InChI is InChI=1S/C24H27N3O4S/c1-32(29,30)21-9-10-23(31-17-19-3-2-4-19)22(15-21)24(28)27-13-11-26(12-14-27)20-7-5-18(16-25)6-8-20/h5-10,15,19H,2-4,11-14,17H2,1H3. The second-order valence-electron chi connectivity index (χ2n) is 8.48. The summed E-state index contributed by atoms with van der Waals surface area (Å²) in [5.41, 5.74) is 1.93. The molecule has 2 aromatic carbocycles. The number of nitriles is 1. The SMILES string of the molecule is CS(=O)(=O)c1ccc(OCC2CCC2)c(C(=O)N2CCN(c3ccc(C#N)cc3)CC2)c1. The van der Waals surface area contributed by atoms with Crippen LogP contribution in [0.2, 0.25) is 0 Å². The Hall–Kier alpha value is -3.05. The monoisotopic (exact) mass is 453 g/mol. The summed E-state index contributed by atoms with van der Waals surface area (Å²) in [6, 6.07) is 14.1. The van der Waals surface area contributed by atoms with Crippen LogP contribution < -0.4 is 9.64 Å². The molecule has 1 aliphatic carbocycles. The normalized spacial score (nSPS) is 16.9. The van der Waals surface area contributed by atoms with E-state index in [4.69, 9.17) is 10.00 Å². The van der Waals surface area contributed by atoms with Crippen molar-refractivity contribution in [2.45, 2.75) is 24.2 Å². The van der Waals surface area contributed by atoms with E-state index in [9.17, 15) is 13.2 Å². The Morgan fingerprint density at radius 2 is 1.78 bits per heavy atom. The van der Waals surface area contributed by atoms with Crippen LogP contribution in [0.3, 0.4) is 0 Å². The summed E-state index contributed by atoms with van der Waals surface area (Å²) in [5, 5.41) is 8.97. The molecule has 0 bridgehead atoms. The molecule has 168 valence electrons. The number of rotatable bonds is 6. The molecule has 1 heterocycles. The lowest BCUT2D eigenvalue weighted by atomic mass is 9.86. The molecule has 1 amide bonds. The first-order chi connectivity index (χ1) is 15.3. The Morgan fingerprint density at radius 1 is 1.09 bits per heavy atom. The van der Waals surface area contributed by atoms with Crippen molar-refractivity contribution in [1.82, 2.24) is 4.90 Å². The zero-order valence-electron chi connectivity index (χ0n) is 18.2. The van der Waals surface area contributed by atoms with Crippen LogP contribution in [0.25, 0.3) is 0 Å². The molecule has 2 aromatic rings. The molecule has 0 aromatic heterocycles. The third-order valence-corrected chi connectivity index (χ3v) is 7.35. The predicted molar refractivity (Wildman–Crippen MR) is 122 cm³/mol. The Labute approximate surface area is 189 Å². The van der Waals surface area contributed by atoms with Crippen molar-refractivity contribution >= 4 is 21.4 Å². The van der Waals surface area contributed by atoms with Gasteiger partial charge in [0.25, 0.3) is 5.91 Å². The van der Waals surface area contributed by atoms with E-state index in [0.717, 1.165) is 24.8 Å². The first kappa shape index (κ1) is 22.2. The zero-order chi connectivity index (χ0) is 22.7. The summed E-state index contributed by atoms with van der Waals surface area (Å²) in [7, 11) is -3.44. The largest absolute Gasteiger partial charge is 0.492 e. The van der Waals surface area contributed by atoms with Crippen LogP contribution in [0.5, 0.6) is 5.75 Å². The van der Waals surface area contributed by atoms with Crippen molar-refractivity contribution in [3.8, 4) is 11.8 Å². The van der Waals surface area contributed by atoms with Crippen LogP contribution in [0, 0.1) is 17.2 Å². The van der Waals surface area contributed by atoms with Gasteiger partial charge in [-0.15, -0.1) is 0 Å². The van der Waals surface area contributed by atoms with Gasteiger partial charge in [0.15, 0.2) is 9.84 Å². The highest BCUT2D eigenvalue weighted by Crippen LogP contribution is 2.30. The number of nitrogens with zero attached hydrogens (tertiary/aromatic N) is 3. The number of sulfone groups is 1. The van der Waals surface area contributed by atoms with Gasteiger partial charge in [0.2, 0.25) is 0 Å². The van der Waals surface area contributed by atoms with Gasteiger partial charge in [0.05, 0.1) is 28.7 Å². The summed E-state index contributed by atoms with van der Waals surface area (Å²) >= 11 is 0. The van der Waals surface area contributed by atoms with E-state index in [1.165, 1.54) is 18.6 Å². The summed E-state index contributed by atoms with van der Waals surface area (Å²) in [4.78, 5) is 17.4. The highest BCUT2D eigenvalue weighted by atomic mass is 32.2. The summed E-state index contributed by atoms with van der Waals surface area (Å²) < 4.78 is 30.1. The quantitative estimate of drug-likeness (QED) is 0.668. The number of benzene rings is 2. The smallest absolute Gasteiger partial charge is 0.257 e. The van der Waals surface area contributed by atoms with Crippen molar-refractivity contribution in [2.75, 3.05) is 43.9 Å². The number of carbonyl (C=O) groups is 1. The first-order valence-corrected chi connectivity index (χ1v) is 12.8. The fourth-order valence-corrected chi connectivity index (χ4v) is 4.63.